The van der Waals surface area contributed by atoms with Crippen LogP contribution in [0, 0.1) is 11.7 Å². The Morgan fingerprint density at radius 3 is 2.48 bits per heavy atom. The summed E-state index contributed by atoms with van der Waals surface area (Å²) in [5, 5.41) is 0. The van der Waals surface area contributed by atoms with Crippen LogP contribution >= 0.6 is 0 Å². The lowest BCUT2D eigenvalue weighted by atomic mass is 9.78. The van der Waals surface area contributed by atoms with E-state index in [9.17, 15) is 4.39 Å². The van der Waals surface area contributed by atoms with Crippen LogP contribution < -0.4 is 4.74 Å². The predicted octanol–water partition coefficient (Wildman–Crippen LogP) is 3.14. The summed E-state index contributed by atoms with van der Waals surface area (Å²) in [6.07, 6.45) is 6.36. The zero-order valence-electron chi connectivity index (χ0n) is 13.2. The van der Waals surface area contributed by atoms with E-state index in [1.807, 2.05) is 24.3 Å². The van der Waals surface area contributed by atoms with Gasteiger partial charge < -0.3 is 9.64 Å². The fourth-order valence-electron chi connectivity index (χ4n) is 3.76. The Bertz CT molecular complexity index is 674. The van der Waals surface area contributed by atoms with Gasteiger partial charge in [-0.2, -0.15) is 0 Å². The van der Waals surface area contributed by atoms with Crippen molar-refractivity contribution in [3.05, 3.63) is 42.5 Å². The van der Waals surface area contributed by atoms with Crippen LogP contribution in [0.5, 0.6) is 5.75 Å². The largest absolute Gasteiger partial charge is 0.490 e. The molecular formula is C18H20FN3O. The molecule has 23 heavy (non-hydrogen) atoms. The lowest BCUT2D eigenvalue weighted by Gasteiger charge is -2.47. The maximum atomic E-state index is 12.9. The van der Waals surface area contributed by atoms with Crippen LogP contribution in [0.4, 0.5) is 4.39 Å². The number of benzene rings is 1. The normalized spacial score (nSPS) is 27.1. The third-order valence-corrected chi connectivity index (χ3v) is 5.07. The monoisotopic (exact) mass is 313 g/mol. The van der Waals surface area contributed by atoms with Gasteiger partial charge >= 0.3 is 0 Å². The van der Waals surface area contributed by atoms with Gasteiger partial charge in [-0.1, -0.05) is 0 Å². The number of fused-ring (bicyclic) bond motifs is 3. The molecule has 120 valence electrons. The fourth-order valence-corrected chi connectivity index (χ4v) is 3.76. The average Bonchev–Trinajstić information content (AvgIpc) is 2.58. The Morgan fingerprint density at radius 2 is 1.87 bits per heavy atom. The number of hydrogen-bond acceptors (Lipinski definition) is 4. The molecule has 1 aromatic carbocycles. The fraction of sp³-hybridized carbons (Fsp3) is 0.444. The van der Waals surface area contributed by atoms with Gasteiger partial charge in [0.05, 0.1) is 12.4 Å². The van der Waals surface area contributed by atoms with Gasteiger partial charge in [-0.15, -0.1) is 0 Å². The van der Waals surface area contributed by atoms with Gasteiger partial charge in [0.25, 0.3) is 0 Å². The van der Waals surface area contributed by atoms with Crippen molar-refractivity contribution >= 4 is 0 Å². The predicted molar refractivity (Wildman–Crippen MR) is 85.6 cm³/mol. The van der Waals surface area contributed by atoms with E-state index in [1.54, 1.807) is 0 Å². The van der Waals surface area contributed by atoms with Crippen LogP contribution in [0.15, 0.2) is 36.7 Å². The third-order valence-electron chi connectivity index (χ3n) is 5.07. The summed E-state index contributed by atoms with van der Waals surface area (Å²) < 4.78 is 19.1. The van der Waals surface area contributed by atoms with Gasteiger partial charge in [0, 0.05) is 30.5 Å². The van der Waals surface area contributed by atoms with E-state index < -0.39 is 5.82 Å². The summed E-state index contributed by atoms with van der Waals surface area (Å²) in [6, 6.07) is 8.42. The second-order valence-electron chi connectivity index (χ2n) is 6.57. The van der Waals surface area contributed by atoms with Crippen LogP contribution in [0.2, 0.25) is 0 Å². The van der Waals surface area contributed by atoms with Crippen LogP contribution in [-0.4, -0.2) is 40.6 Å². The van der Waals surface area contributed by atoms with Crippen LogP contribution in [0.25, 0.3) is 11.4 Å². The Balaban J connectivity index is 1.45. The van der Waals surface area contributed by atoms with Crippen molar-refractivity contribution in [1.82, 2.24) is 14.9 Å². The van der Waals surface area contributed by atoms with Gasteiger partial charge in [0.1, 0.15) is 11.9 Å². The molecule has 5 heteroatoms. The number of hydrogen-bond donors (Lipinski definition) is 0. The summed E-state index contributed by atoms with van der Waals surface area (Å²) in [5.74, 6) is 1.61. The first kappa shape index (κ1) is 14.6. The summed E-state index contributed by atoms with van der Waals surface area (Å²) in [6.45, 7) is 1.14. The molecule has 0 N–H and O–H groups in total. The summed E-state index contributed by atoms with van der Waals surface area (Å²) >= 11 is 0. The van der Waals surface area contributed by atoms with Gasteiger partial charge in [0.2, 0.25) is 0 Å². The first-order valence-electron chi connectivity index (χ1n) is 8.14. The molecule has 3 atom stereocenters. The Hall–Kier alpha value is -2.01. The number of aromatic nitrogens is 2. The number of nitrogens with zero attached hydrogens (tertiary/aromatic N) is 3. The van der Waals surface area contributed by atoms with Crippen molar-refractivity contribution in [1.29, 1.82) is 0 Å². The smallest absolute Gasteiger partial charge is 0.159 e. The Morgan fingerprint density at radius 1 is 1.13 bits per heavy atom. The molecule has 1 aliphatic carbocycles. The summed E-state index contributed by atoms with van der Waals surface area (Å²) in [4.78, 5) is 10.5. The highest BCUT2D eigenvalue weighted by molar-refractivity contribution is 5.55. The van der Waals surface area contributed by atoms with E-state index in [1.165, 1.54) is 25.2 Å². The first-order chi connectivity index (χ1) is 11.2. The average molecular weight is 313 g/mol. The molecule has 0 amide bonds. The highest BCUT2D eigenvalue weighted by Gasteiger charge is 2.39. The zero-order valence-corrected chi connectivity index (χ0v) is 13.2. The van der Waals surface area contributed by atoms with Crippen LogP contribution in [0.1, 0.15) is 19.3 Å². The minimum atomic E-state index is -0.425. The molecule has 3 heterocycles. The molecule has 2 saturated heterocycles. The maximum Gasteiger partial charge on any atom is 0.159 e. The number of piperidine rings is 2. The van der Waals surface area contributed by atoms with E-state index in [0.29, 0.717) is 23.9 Å². The van der Waals surface area contributed by atoms with Crippen LogP contribution in [-0.2, 0) is 0 Å². The van der Waals surface area contributed by atoms with Gasteiger partial charge in [0.15, 0.2) is 11.6 Å². The minimum Gasteiger partial charge on any atom is -0.490 e. The quantitative estimate of drug-likeness (QED) is 0.872. The van der Waals surface area contributed by atoms with Gasteiger partial charge in [-0.3, -0.25) is 0 Å². The third kappa shape index (κ3) is 2.93. The highest BCUT2D eigenvalue weighted by atomic mass is 19.1. The molecule has 3 fully saturated rings. The standard InChI is InChI=1S/C18H20FN3O/c1-22-11-13-2-5-15(22)8-17(13)23-16-6-3-12(4-7-16)18-20-9-14(19)10-21-18/h3-4,6-7,9-10,13,15,17H,2,5,8,11H2,1H3. The topological polar surface area (TPSA) is 38.2 Å². The number of ether oxygens (including phenoxy) is 1. The lowest BCUT2D eigenvalue weighted by Crippen LogP contribution is -2.53. The van der Waals surface area contributed by atoms with E-state index in [4.69, 9.17) is 4.74 Å². The molecule has 3 aliphatic rings. The molecule has 2 bridgehead atoms. The van der Waals surface area contributed by atoms with Crippen molar-refractivity contribution in [2.45, 2.75) is 31.4 Å². The molecule has 0 spiro atoms. The molecule has 1 saturated carbocycles. The van der Waals surface area contributed by atoms with E-state index in [-0.39, 0.29) is 0 Å². The Kier molecular flexibility index (Phi) is 3.73. The lowest BCUT2D eigenvalue weighted by molar-refractivity contribution is -0.0246. The van der Waals surface area contributed by atoms with Gasteiger partial charge in [-0.25, -0.2) is 14.4 Å². The molecule has 0 radical (unpaired) electrons. The zero-order chi connectivity index (χ0) is 15.8. The second-order valence-corrected chi connectivity index (χ2v) is 6.57. The first-order valence-corrected chi connectivity index (χ1v) is 8.14. The van der Waals surface area contributed by atoms with E-state index in [2.05, 4.69) is 21.9 Å². The van der Waals surface area contributed by atoms with Crippen molar-refractivity contribution in [3.63, 3.8) is 0 Å². The molecule has 4 nitrogen and oxygen atoms in total. The molecule has 5 rings (SSSR count). The minimum absolute atomic E-state index is 0.317. The van der Waals surface area contributed by atoms with E-state index in [0.717, 1.165) is 24.3 Å². The number of rotatable bonds is 3. The molecule has 2 aromatic rings. The van der Waals surface area contributed by atoms with Crippen molar-refractivity contribution < 1.29 is 9.13 Å². The maximum absolute atomic E-state index is 12.9. The summed E-state index contributed by atoms with van der Waals surface area (Å²) in [7, 11) is 2.21. The van der Waals surface area contributed by atoms with E-state index >= 15 is 0 Å². The van der Waals surface area contributed by atoms with Gasteiger partial charge in [-0.05, 0) is 44.2 Å². The molecule has 1 aromatic heterocycles. The van der Waals surface area contributed by atoms with Crippen molar-refractivity contribution in [2.24, 2.45) is 5.92 Å². The van der Waals surface area contributed by atoms with Crippen LogP contribution in [0.3, 0.4) is 0 Å². The molecular weight excluding hydrogens is 293 g/mol. The highest BCUT2D eigenvalue weighted by Crippen LogP contribution is 2.36. The molecule has 2 aliphatic heterocycles. The van der Waals surface area contributed by atoms with Crippen molar-refractivity contribution in [3.8, 4) is 17.1 Å². The summed E-state index contributed by atoms with van der Waals surface area (Å²) in [5.41, 5.74) is 0.863. The molecule has 3 unspecified atom stereocenters. The van der Waals surface area contributed by atoms with Crippen molar-refractivity contribution in [2.75, 3.05) is 13.6 Å². The SMILES string of the molecule is CN1CC2CCC1CC2Oc1ccc(-c2ncc(F)cn2)cc1. The Labute approximate surface area is 135 Å². The number of halogens is 1. The second kappa shape index (κ2) is 5.89.